The van der Waals surface area contributed by atoms with E-state index in [2.05, 4.69) is 16.0 Å². The summed E-state index contributed by atoms with van der Waals surface area (Å²) in [6.45, 7) is 5.91. The summed E-state index contributed by atoms with van der Waals surface area (Å²) in [5.74, 6) is -0.968. The molecule has 2 N–H and O–H groups in total. The first-order valence-corrected chi connectivity index (χ1v) is 15.3. The van der Waals surface area contributed by atoms with Gasteiger partial charge < -0.3 is 24.2 Å². The predicted molar refractivity (Wildman–Crippen MR) is 178 cm³/mol. The number of aryl methyl sites for hydroxylation is 2. The fourth-order valence-electron chi connectivity index (χ4n) is 6.00. The number of hydrogen-bond acceptors (Lipinski definition) is 9. The summed E-state index contributed by atoms with van der Waals surface area (Å²) in [6, 6.07) is 11.7. The number of carbonyl (C=O) groups is 3. The van der Waals surface area contributed by atoms with E-state index in [1.54, 1.807) is 6.07 Å². The fourth-order valence-corrected chi connectivity index (χ4v) is 6.00. The van der Waals surface area contributed by atoms with Gasteiger partial charge in [0, 0.05) is 35.8 Å². The van der Waals surface area contributed by atoms with Crippen LogP contribution in [0.1, 0.15) is 85.4 Å². The molecule has 47 heavy (non-hydrogen) atoms. The average Bonchev–Trinajstić information content (AvgIpc) is 3.76. The number of aromatic amines is 2. The molecule has 0 atom stereocenters. The Morgan fingerprint density at radius 1 is 0.660 bits per heavy atom. The van der Waals surface area contributed by atoms with Gasteiger partial charge in [0.25, 0.3) is 0 Å². The minimum Gasteiger partial charge on any atom is -0.469 e. The molecule has 0 amide bonds. The second kappa shape index (κ2) is 13.9. The number of esters is 3. The average molecular weight is 636 g/mol. The Hall–Kier alpha value is -5.50. The van der Waals surface area contributed by atoms with Gasteiger partial charge in [0.1, 0.15) is 6.07 Å². The van der Waals surface area contributed by atoms with Gasteiger partial charge in [-0.1, -0.05) is 0 Å². The van der Waals surface area contributed by atoms with Crippen LogP contribution in [-0.2, 0) is 35.0 Å². The number of ether oxygens (including phenoxy) is 3. The standard InChI is InChI=1S/C36H37N5O6/c1-19-24(7-10-34(42)45-4)31-14-23-13-22(18-37)30(38-23)16-29-21(3)26(9-12-36(44)47-6)33(41-29)17-32-25(8-11-35(43)46-5)20(2)28(40-32)15-27(19)39-31/h13-17,38-39H,7-12H2,1-6H3. The Kier molecular flexibility index (Phi) is 9.70. The highest BCUT2D eigenvalue weighted by Crippen LogP contribution is 2.38. The molecule has 5 rings (SSSR count). The Bertz CT molecular complexity index is 2060. The number of carbonyl (C=O) groups excluding carboxylic acids is 3. The van der Waals surface area contributed by atoms with Gasteiger partial charge in [-0.2, -0.15) is 5.26 Å². The zero-order valence-corrected chi connectivity index (χ0v) is 27.4. The van der Waals surface area contributed by atoms with Crippen molar-refractivity contribution in [3.8, 4) is 6.07 Å². The minimum atomic E-state index is -0.332. The first kappa shape index (κ1) is 32.9. The van der Waals surface area contributed by atoms with E-state index < -0.39 is 0 Å². The lowest BCUT2D eigenvalue weighted by molar-refractivity contribution is -0.141. The Balaban J connectivity index is 1.84. The van der Waals surface area contributed by atoms with Crippen LogP contribution < -0.4 is 0 Å². The van der Waals surface area contributed by atoms with E-state index in [0.717, 1.165) is 50.1 Å². The third kappa shape index (κ3) is 6.87. The Labute approximate surface area is 272 Å². The monoisotopic (exact) mass is 635 g/mol. The van der Waals surface area contributed by atoms with Gasteiger partial charge in [-0.05, 0) is 104 Å². The number of nitrogens with zero attached hydrogens (tertiary/aromatic N) is 3. The molecule has 5 heterocycles. The molecule has 11 heteroatoms. The second-order valence-corrected chi connectivity index (χ2v) is 11.5. The van der Waals surface area contributed by atoms with E-state index in [9.17, 15) is 19.6 Å². The minimum absolute atomic E-state index is 0.169. The number of nitrogens with one attached hydrogen (secondary N) is 2. The quantitative estimate of drug-likeness (QED) is 0.201. The van der Waals surface area contributed by atoms with Gasteiger partial charge in [0.2, 0.25) is 0 Å². The van der Waals surface area contributed by atoms with Crippen LogP contribution in [0, 0.1) is 18.3 Å². The number of hydrogen-bond donors (Lipinski definition) is 2. The third-order valence-corrected chi connectivity index (χ3v) is 8.77. The van der Waals surface area contributed by atoms with Crippen molar-refractivity contribution in [2.45, 2.75) is 59.3 Å². The van der Waals surface area contributed by atoms with Crippen LogP contribution in [0.2, 0.25) is 0 Å². The molecule has 0 fully saturated rings. The molecular weight excluding hydrogens is 598 g/mol. The zero-order valence-electron chi connectivity index (χ0n) is 27.4. The highest BCUT2D eigenvalue weighted by molar-refractivity contribution is 5.96. The molecule has 11 nitrogen and oxygen atoms in total. The third-order valence-electron chi connectivity index (χ3n) is 8.77. The lowest BCUT2D eigenvalue weighted by atomic mass is 9.98. The van der Waals surface area contributed by atoms with E-state index in [1.165, 1.54) is 21.3 Å². The van der Waals surface area contributed by atoms with Gasteiger partial charge in [-0.25, -0.2) is 9.97 Å². The van der Waals surface area contributed by atoms with E-state index in [4.69, 9.17) is 24.2 Å². The smallest absolute Gasteiger partial charge is 0.305 e. The summed E-state index contributed by atoms with van der Waals surface area (Å²) in [5.41, 5.74) is 11.5. The van der Waals surface area contributed by atoms with Crippen LogP contribution in [-0.4, -0.2) is 59.2 Å². The van der Waals surface area contributed by atoms with Crippen molar-refractivity contribution in [3.05, 3.63) is 69.8 Å². The van der Waals surface area contributed by atoms with Crippen LogP contribution in [0.4, 0.5) is 0 Å². The second-order valence-electron chi connectivity index (χ2n) is 11.5. The van der Waals surface area contributed by atoms with Crippen LogP contribution in [0.15, 0.2) is 30.3 Å². The number of nitriles is 1. The van der Waals surface area contributed by atoms with Gasteiger partial charge in [-0.3, -0.25) is 14.4 Å². The summed E-state index contributed by atoms with van der Waals surface area (Å²) in [6.07, 6.45) is 1.80. The van der Waals surface area contributed by atoms with Crippen molar-refractivity contribution in [3.63, 3.8) is 0 Å². The van der Waals surface area contributed by atoms with Crippen molar-refractivity contribution in [2.24, 2.45) is 0 Å². The van der Waals surface area contributed by atoms with Crippen LogP contribution in [0.25, 0.3) is 44.4 Å². The van der Waals surface area contributed by atoms with Gasteiger partial charge in [-0.15, -0.1) is 0 Å². The van der Waals surface area contributed by atoms with Gasteiger partial charge in [0.15, 0.2) is 0 Å². The number of H-pyrrole nitrogens is 2. The van der Waals surface area contributed by atoms with E-state index in [-0.39, 0.29) is 37.2 Å². The number of fused-ring (bicyclic) bond motifs is 8. The molecule has 8 bridgehead atoms. The van der Waals surface area contributed by atoms with Crippen LogP contribution >= 0.6 is 0 Å². The molecule has 2 aliphatic rings. The summed E-state index contributed by atoms with van der Waals surface area (Å²) >= 11 is 0. The lowest BCUT2D eigenvalue weighted by Gasteiger charge is -2.06. The van der Waals surface area contributed by atoms with Crippen LogP contribution in [0.3, 0.4) is 0 Å². The lowest BCUT2D eigenvalue weighted by Crippen LogP contribution is -2.02. The SMILES string of the molecule is COC(=O)CCC1=C(C)c2cc3[nH]c(cc3C#N)cc3[nH]c(cc4nc(cc1n2)C(CCC(=O)OC)=C4C)c(C)c3CCC(=O)OC. The fraction of sp³-hybridized carbons (Fsp3) is 0.333. The molecule has 2 aliphatic heterocycles. The largest absolute Gasteiger partial charge is 0.469 e. The molecule has 0 saturated carbocycles. The highest BCUT2D eigenvalue weighted by atomic mass is 16.5. The number of allylic oxidation sites excluding steroid dienone is 4. The van der Waals surface area contributed by atoms with Crippen molar-refractivity contribution in [2.75, 3.05) is 21.3 Å². The zero-order chi connectivity index (χ0) is 33.8. The highest BCUT2D eigenvalue weighted by Gasteiger charge is 2.23. The van der Waals surface area contributed by atoms with Crippen molar-refractivity contribution in [1.82, 2.24) is 19.9 Å². The van der Waals surface area contributed by atoms with Crippen molar-refractivity contribution >= 4 is 62.3 Å². The summed E-state index contributed by atoms with van der Waals surface area (Å²) in [5, 5.41) is 10.0. The maximum atomic E-state index is 12.2. The normalized spacial score (nSPS) is 12.6. The first-order chi connectivity index (χ1) is 22.6. The number of methoxy groups -OCH3 is 3. The predicted octanol–water partition coefficient (Wildman–Crippen LogP) is 6.37. The molecule has 0 spiro atoms. The molecule has 0 aromatic carbocycles. The topological polar surface area (TPSA) is 160 Å². The van der Waals surface area contributed by atoms with Crippen LogP contribution in [0.5, 0.6) is 0 Å². The maximum Gasteiger partial charge on any atom is 0.305 e. The molecular formula is C36H37N5O6. The number of aromatic nitrogens is 4. The van der Waals surface area contributed by atoms with Gasteiger partial charge in [0.05, 0.1) is 55.2 Å². The summed E-state index contributed by atoms with van der Waals surface area (Å²) in [7, 11) is 4.10. The summed E-state index contributed by atoms with van der Waals surface area (Å²) in [4.78, 5) is 53.3. The Morgan fingerprint density at radius 2 is 1.17 bits per heavy atom. The van der Waals surface area contributed by atoms with Crippen molar-refractivity contribution in [1.29, 1.82) is 5.26 Å². The molecule has 242 valence electrons. The molecule has 0 unspecified atom stereocenters. The molecule has 3 aromatic heterocycles. The van der Waals surface area contributed by atoms with E-state index in [0.29, 0.717) is 52.9 Å². The first-order valence-electron chi connectivity index (χ1n) is 15.3. The van der Waals surface area contributed by atoms with Crippen molar-refractivity contribution < 1.29 is 28.6 Å². The maximum absolute atomic E-state index is 12.2. The molecule has 0 saturated heterocycles. The Morgan fingerprint density at radius 3 is 1.68 bits per heavy atom. The number of rotatable bonds is 9. The van der Waals surface area contributed by atoms with Gasteiger partial charge >= 0.3 is 17.9 Å². The van der Waals surface area contributed by atoms with E-state index >= 15 is 0 Å². The molecule has 0 radical (unpaired) electrons. The van der Waals surface area contributed by atoms with E-state index in [1.807, 2.05) is 45.0 Å². The summed E-state index contributed by atoms with van der Waals surface area (Å²) < 4.78 is 14.7. The molecule has 3 aromatic rings. The molecule has 0 aliphatic carbocycles.